The van der Waals surface area contributed by atoms with Gasteiger partial charge in [0.2, 0.25) is 11.7 Å². The molecule has 6 heteroatoms. The summed E-state index contributed by atoms with van der Waals surface area (Å²) in [7, 11) is 0. The smallest absolute Gasteiger partial charge is 0.253 e. The summed E-state index contributed by atoms with van der Waals surface area (Å²) < 4.78 is 5.41. The molecule has 0 N–H and O–H groups in total. The minimum absolute atomic E-state index is 0.0481. The predicted molar refractivity (Wildman–Crippen MR) is 92.0 cm³/mol. The molecule has 25 heavy (non-hydrogen) atoms. The Morgan fingerprint density at radius 2 is 2.04 bits per heavy atom. The summed E-state index contributed by atoms with van der Waals surface area (Å²) in [6.45, 7) is 3.30. The van der Waals surface area contributed by atoms with E-state index in [9.17, 15) is 4.79 Å². The van der Waals surface area contributed by atoms with Crippen LogP contribution in [0.4, 0.5) is 0 Å². The van der Waals surface area contributed by atoms with E-state index in [0.29, 0.717) is 36.1 Å². The van der Waals surface area contributed by atoms with E-state index in [2.05, 4.69) is 15.1 Å². The van der Waals surface area contributed by atoms with Gasteiger partial charge < -0.3 is 9.42 Å². The normalized spacial score (nSPS) is 17.0. The molecule has 3 aromatic rings. The third-order valence-electron chi connectivity index (χ3n) is 4.46. The van der Waals surface area contributed by atoms with Crippen molar-refractivity contribution >= 4 is 5.91 Å². The number of aryl methyl sites for hydroxylation is 1. The molecule has 0 spiro atoms. The second kappa shape index (κ2) is 6.47. The second-order valence-electron chi connectivity index (χ2n) is 6.27. The standard InChI is InChI=1S/C19H18N4O2/c1-13-5-7-14(8-6-13)19(24)23-11-9-15(12-23)18-21-17(22-25-18)16-4-2-3-10-20-16/h2-8,10,15H,9,11-12H2,1H3. The molecule has 4 rings (SSSR count). The Morgan fingerprint density at radius 3 is 2.80 bits per heavy atom. The summed E-state index contributed by atoms with van der Waals surface area (Å²) in [6, 6.07) is 13.2. The molecular weight excluding hydrogens is 316 g/mol. The van der Waals surface area contributed by atoms with Crippen LogP contribution in [0.25, 0.3) is 11.5 Å². The lowest BCUT2D eigenvalue weighted by Gasteiger charge is -2.15. The molecule has 1 saturated heterocycles. The van der Waals surface area contributed by atoms with Gasteiger partial charge in [0.15, 0.2) is 0 Å². The zero-order valence-electron chi connectivity index (χ0n) is 13.9. The molecule has 6 nitrogen and oxygen atoms in total. The summed E-state index contributed by atoms with van der Waals surface area (Å²) in [5, 5.41) is 4.02. The number of amides is 1. The maximum atomic E-state index is 12.6. The maximum absolute atomic E-state index is 12.6. The highest BCUT2D eigenvalue weighted by Gasteiger charge is 2.31. The highest BCUT2D eigenvalue weighted by molar-refractivity contribution is 5.94. The first-order valence-corrected chi connectivity index (χ1v) is 8.31. The van der Waals surface area contributed by atoms with Gasteiger partial charge >= 0.3 is 0 Å². The molecule has 1 aliphatic heterocycles. The van der Waals surface area contributed by atoms with Crippen LogP contribution in [0.3, 0.4) is 0 Å². The van der Waals surface area contributed by atoms with Crippen LogP contribution in [0.15, 0.2) is 53.2 Å². The van der Waals surface area contributed by atoms with Crippen LogP contribution in [-0.2, 0) is 0 Å². The van der Waals surface area contributed by atoms with Crippen LogP contribution in [-0.4, -0.2) is 39.0 Å². The van der Waals surface area contributed by atoms with Crippen molar-refractivity contribution in [2.75, 3.05) is 13.1 Å². The molecule has 1 atom stereocenters. The van der Waals surface area contributed by atoms with Gasteiger partial charge in [-0.15, -0.1) is 0 Å². The summed E-state index contributed by atoms with van der Waals surface area (Å²) in [6.07, 6.45) is 2.52. The van der Waals surface area contributed by atoms with Crippen molar-refractivity contribution in [3.05, 3.63) is 65.7 Å². The second-order valence-corrected chi connectivity index (χ2v) is 6.27. The maximum Gasteiger partial charge on any atom is 0.253 e. The Labute approximate surface area is 145 Å². The van der Waals surface area contributed by atoms with E-state index in [1.165, 1.54) is 0 Å². The van der Waals surface area contributed by atoms with Gasteiger partial charge in [0.05, 0.1) is 5.92 Å². The summed E-state index contributed by atoms with van der Waals surface area (Å²) >= 11 is 0. The van der Waals surface area contributed by atoms with Gasteiger partial charge in [0, 0.05) is 24.8 Å². The number of pyridine rings is 1. The highest BCUT2D eigenvalue weighted by Crippen LogP contribution is 2.28. The SMILES string of the molecule is Cc1ccc(C(=O)N2CCC(c3nc(-c4ccccn4)no3)C2)cc1. The van der Waals surface area contributed by atoms with E-state index in [1.54, 1.807) is 6.20 Å². The van der Waals surface area contributed by atoms with Crippen molar-refractivity contribution < 1.29 is 9.32 Å². The van der Waals surface area contributed by atoms with Crippen LogP contribution < -0.4 is 0 Å². The van der Waals surface area contributed by atoms with Crippen molar-refractivity contribution in [3.63, 3.8) is 0 Å². The Bertz CT molecular complexity index is 874. The number of hydrogen-bond donors (Lipinski definition) is 0. The van der Waals surface area contributed by atoms with Gasteiger partial charge in [0.1, 0.15) is 5.69 Å². The Morgan fingerprint density at radius 1 is 1.20 bits per heavy atom. The van der Waals surface area contributed by atoms with Gasteiger partial charge in [-0.25, -0.2) is 0 Å². The quantitative estimate of drug-likeness (QED) is 0.736. The summed E-state index contributed by atoms with van der Waals surface area (Å²) in [5.41, 5.74) is 2.54. The Kier molecular flexibility index (Phi) is 4.01. The number of carbonyl (C=O) groups excluding carboxylic acids is 1. The predicted octanol–water partition coefficient (Wildman–Crippen LogP) is 3.07. The largest absolute Gasteiger partial charge is 0.339 e. The number of hydrogen-bond acceptors (Lipinski definition) is 5. The molecule has 0 aliphatic carbocycles. The van der Waals surface area contributed by atoms with Crippen LogP contribution in [0.2, 0.25) is 0 Å². The van der Waals surface area contributed by atoms with Crippen molar-refractivity contribution in [1.82, 2.24) is 20.0 Å². The lowest BCUT2D eigenvalue weighted by Crippen LogP contribution is -2.28. The van der Waals surface area contributed by atoms with Crippen molar-refractivity contribution in [1.29, 1.82) is 0 Å². The van der Waals surface area contributed by atoms with E-state index in [1.807, 2.05) is 54.3 Å². The molecule has 1 unspecified atom stereocenters. The molecule has 1 aliphatic rings. The van der Waals surface area contributed by atoms with E-state index in [4.69, 9.17) is 4.52 Å². The van der Waals surface area contributed by atoms with Gasteiger partial charge in [-0.3, -0.25) is 9.78 Å². The lowest BCUT2D eigenvalue weighted by atomic mass is 10.1. The molecule has 3 heterocycles. The van der Waals surface area contributed by atoms with Crippen LogP contribution in [0, 0.1) is 6.92 Å². The molecule has 0 bridgehead atoms. The Hall–Kier alpha value is -3.02. The lowest BCUT2D eigenvalue weighted by molar-refractivity contribution is 0.0789. The minimum atomic E-state index is 0.0481. The Balaban J connectivity index is 1.47. The van der Waals surface area contributed by atoms with Gasteiger partial charge in [-0.2, -0.15) is 4.98 Å². The summed E-state index contributed by atoms with van der Waals surface area (Å²) in [4.78, 5) is 23.1. The van der Waals surface area contributed by atoms with E-state index >= 15 is 0 Å². The average Bonchev–Trinajstić information content (AvgIpc) is 3.32. The minimum Gasteiger partial charge on any atom is -0.339 e. The zero-order chi connectivity index (χ0) is 17.2. The fraction of sp³-hybridized carbons (Fsp3) is 0.263. The monoisotopic (exact) mass is 334 g/mol. The zero-order valence-corrected chi connectivity index (χ0v) is 13.9. The fourth-order valence-electron chi connectivity index (χ4n) is 3.03. The van der Waals surface area contributed by atoms with Gasteiger partial charge in [-0.05, 0) is 37.6 Å². The third kappa shape index (κ3) is 3.15. The first kappa shape index (κ1) is 15.5. The van der Waals surface area contributed by atoms with Gasteiger partial charge in [-0.1, -0.05) is 28.9 Å². The number of benzene rings is 1. The van der Waals surface area contributed by atoms with Crippen LogP contribution in [0.5, 0.6) is 0 Å². The number of aromatic nitrogens is 3. The van der Waals surface area contributed by atoms with Crippen molar-refractivity contribution in [2.24, 2.45) is 0 Å². The number of nitrogens with zero attached hydrogens (tertiary/aromatic N) is 4. The first-order chi connectivity index (χ1) is 12.2. The number of likely N-dealkylation sites (tertiary alicyclic amines) is 1. The number of carbonyl (C=O) groups is 1. The van der Waals surface area contributed by atoms with Crippen LogP contribution in [0.1, 0.15) is 34.2 Å². The molecular formula is C19H18N4O2. The number of rotatable bonds is 3. The topological polar surface area (TPSA) is 72.1 Å². The van der Waals surface area contributed by atoms with E-state index in [0.717, 1.165) is 12.0 Å². The van der Waals surface area contributed by atoms with Crippen LogP contribution >= 0.6 is 0 Å². The van der Waals surface area contributed by atoms with Crippen molar-refractivity contribution in [2.45, 2.75) is 19.3 Å². The van der Waals surface area contributed by atoms with Gasteiger partial charge in [0.25, 0.3) is 5.91 Å². The highest BCUT2D eigenvalue weighted by atomic mass is 16.5. The van der Waals surface area contributed by atoms with E-state index < -0.39 is 0 Å². The van der Waals surface area contributed by atoms with Crippen molar-refractivity contribution in [3.8, 4) is 11.5 Å². The molecule has 1 amide bonds. The fourth-order valence-corrected chi connectivity index (χ4v) is 3.03. The molecule has 1 aromatic carbocycles. The van der Waals surface area contributed by atoms with E-state index in [-0.39, 0.29) is 11.8 Å². The first-order valence-electron chi connectivity index (χ1n) is 8.31. The molecule has 0 radical (unpaired) electrons. The molecule has 0 saturated carbocycles. The third-order valence-corrected chi connectivity index (χ3v) is 4.46. The molecule has 126 valence electrons. The molecule has 2 aromatic heterocycles. The summed E-state index contributed by atoms with van der Waals surface area (Å²) in [5.74, 6) is 1.17. The average molecular weight is 334 g/mol. The molecule has 1 fully saturated rings.